The number of ketones is 1. The Kier molecular flexibility index (Phi) is 5.21. The first-order chi connectivity index (χ1) is 12.8. The number of benzene rings is 2. The Morgan fingerprint density at radius 1 is 1.19 bits per heavy atom. The highest BCUT2D eigenvalue weighted by molar-refractivity contribution is 6.00. The number of Topliss-reactive ketones (excluding diaryl/α,β-unsaturated/α-hetero) is 1. The molecule has 0 aliphatic heterocycles. The molecule has 1 aliphatic rings. The van der Waals surface area contributed by atoms with Gasteiger partial charge in [0.15, 0.2) is 6.61 Å². The second-order valence-electron chi connectivity index (χ2n) is 6.73. The lowest BCUT2D eigenvalue weighted by atomic mass is 10.0. The van der Waals surface area contributed by atoms with Crippen molar-refractivity contribution < 1.29 is 19.2 Å². The largest absolute Gasteiger partial charge is 0.454 e. The quantitative estimate of drug-likeness (QED) is 0.345. The molecule has 0 atom stereocenters. The molecule has 2 aromatic rings. The predicted molar refractivity (Wildman–Crippen MR) is 100 cm³/mol. The van der Waals surface area contributed by atoms with E-state index >= 15 is 0 Å². The molecule has 0 saturated heterocycles. The van der Waals surface area contributed by atoms with Gasteiger partial charge in [-0.15, -0.1) is 0 Å². The summed E-state index contributed by atoms with van der Waals surface area (Å²) in [5, 5.41) is 14.3. The Morgan fingerprint density at radius 3 is 2.59 bits per heavy atom. The number of nitrogens with one attached hydrogen (secondary N) is 1. The molecule has 0 spiro atoms. The summed E-state index contributed by atoms with van der Waals surface area (Å²) in [4.78, 5) is 35.3. The van der Waals surface area contributed by atoms with Crippen LogP contribution >= 0.6 is 0 Å². The topological polar surface area (TPSA) is 98.5 Å². The van der Waals surface area contributed by atoms with Crippen molar-refractivity contribution in [3.05, 3.63) is 68.8 Å². The first-order valence-corrected chi connectivity index (χ1v) is 8.67. The molecule has 7 heteroatoms. The average Bonchev–Trinajstić information content (AvgIpc) is 3.45. The van der Waals surface area contributed by atoms with Crippen LogP contribution in [0.5, 0.6) is 0 Å². The second kappa shape index (κ2) is 7.57. The van der Waals surface area contributed by atoms with Crippen molar-refractivity contribution in [3.8, 4) is 0 Å². The van der Waals surface area contributed by atoms with Gasteiger partial charge in [0.2, 0.25) is 5.78 Å². The zero-order chi connectivity index (χ0) is 19.6. The summed E-state index contributed by atoms with van der Waals surface area (Å²) in [6.07, 6.45) is 1.95. The molecule has 1 fully saturated rings. The van der Waals surface area contributed by atoms with Gasteiger partial charge in [0.25, 0.3) is 5.69 Å². The van der Waals surface area contributed by atoms with E-state index in [4.69, 9.17) is 4.74 Å². The smallest absolute Gasteiger partial charge is 0.338 e. The summed E-state index contributed by atoms with van der Waals surface area (Å²) in [6.45, 7) is 3.26. The van der Waals surface area contributed by atoms with Gasteiger partial charge in [0.1, 0.15) is 5.69 Å². The van der Waals surface area contributed by atoms with Crippen molar-refractivity contribution in [1.82, 2.24) is 0 Å². The molecule has 0 radical (unpaired) electrons. The summed E-state index contributed by atoms with van der Waals surface area (Å²) < 4.78 is 5.08. The van der Waals surface area contributed by atoms with Crippen molar-refractivity contribution in [2.45, 2.75) is 32.7 Å². The van der Waals surface area contributed by atoms with E-state index in [9.17, 15) is 19.7 Å². The third-order valence-corrected chi connectivity index (χ3v) is 4.39. The van der Waals surface area contributed by atoms with Crippen molar-refractivity contribution in [2.75, 3.05) is 11.9 Å². The van der Waals surface area contributed by atoms with Gasteiger partial charge in [-0.05, 0) is 50.5 Å². The summed E-state index contributed by atoms with van der Waals surface area (Å²) in [6, 6.07) is 9.86. The third kappa shape index (κ3) is 4.49. The molecule has 2 aromatic carbocycles. The average molecular weight is 368 g/mol. The van der Waals surface area contributed by atoms with Crippen LogP contribution in [-0.4, -0.2) is 29.3 Å². The lowest BCUT2D eigenvalue weighted by Crippen LogP contribution is -2.15. The van der Waals surface area contributed by atoms with Gasteiger partial charge in [0.05, 0.1) is 10.5 Å². The van der Waals surface area contributed by atoms with Crippen molar-refractivity contribution in [3.63, 3.8) is 0 Å². The monoisotopic (exact) mass is 368 g/mol. The minimum absolute atomic E-state index is 0.0387. The van der Waals surface area contributed by atoms with E-state index in [1.807, 2.05) is 26.0 Å². The van der Waals surface area contributed by atoms with E-state index in [0.717, 1.165) is 24.0 Å². The highest BCUT2D eigenvalue weighted by Crippen LogP contribution is 2.31. The number of hydrogen-bond acceptors (Lipinski definition) is 6. The Balaban J connectivity index is 1.70. The number of carbonyl (C=O) groups excluding carboxylic acids is 2. The number of hydrogen-bond donors (Lipinski definition) is 1. The van der Waals surface area contributed by atoms with E-state index in [1.54, 1.807) is 6.07 Å². The van der Waals surface area contributed by atoms with Crippen molar-refractivity contribution in [2.24, 2.45) is 0 Å². The van der Waals surface area contributed by atoms with Gasteiger partial charge >= 0.3 is 5.97 Å². The van der Waals surface area contributed by atoms with Crippen LogP contribution in [0.15, 0.2) is 36.4 Å². The molecule has 1 N–H and O–H groups in total. The zero-order valence-corrected chi connectivity index (χ0v) is 15.2. The normalized spacial score (nSPS) is 13.1. The van der Waals surface area contributed by atoms with Gasteiger partial charge in [-0.25, -0.2) is 4.79 Å². The van der Waals surface area contributed by atoms with Gasteiger partial charge < -0.3 is 10.1 Å². The number of nitro benzene ring substituents is 1. The fourth-order valence-electron chi connectivity index (χ4n) is 2.71. The number of nitrogens with zero attached hydrogens (tertiary/aromatic N) is 1. The Morgan fingerprint density at radius 2 is 1.93 bits per heavy atom. The molecule has 140 valence electrons. The number of aryl methyl sites for hydroxylation is 2. The molecule has 27 heavy (non-hydrogen) atoms. The van der Waals surface area contributed by atoms with Gasteiger partial charge in [-0.2, -0.15) is 0 Å². The second-order valence-corrected chi connectivity index (χ2v) is 6.73. The molecule has 0 aromatic heterocycles. The first kappa shape index (κ1) is 18.6. The molecule has 0 amide bonds. The van der Waals surface area contributed by atoms with Crippen LogP contribution < -0.4 is 5.32 Å². The van der Waals surface area contributed by atoms with E-state index in [2.05, 4.69) is 5.32 Å². The molecular formula is C20H20N2O5. The maximum atomic E-state index is 12.3. The highest BCUT2D eigenvalue weighted by Gasteiger charge is 2.26. The number of anilines is 1. The summed E-state index contributed by atoms with van der Waals surface area (Å²) in [5.74, 6) is -1.08. The number of nitro groups is 1. The molecule has 0 bridgehead atoms. The van der Waals surface area contributed by atoms with E-state index in [1.165, 1.54) is 18.2 Å². The van der Waals surface area contributed by atoms with Gasteiger partial charge in [-0.1, -0.05) is 17.7 Å². The minimum Gasteiger partial charge on any atom is -0.454 e. The highest BCUT2D eigenvalue weighted by atomic mass is 16.6. The lowest BCUT2D eigenvalue weighted by molar-refractivity contribution is -0.384. The standard InChI is InChI=1S/C20H20N2O5/c1-12-3-4-13(2)16(9-12)19(23)11-27-20(24)14-5-8-17(21-15-6-7-15)18(10-14)22(25)26/h3-5,8-10,15,21H,6-7,11H2,1-2H3. The van der Waals surface area contributed by atoms with E-state index < -0.39 is 17.5 Å². The SMILES string of the molecule is Cc1ccc(C)c(C(=O)COC(=O)c2ccc(NC3CC3)c([N+](=O)[O-])c2)c1. The number of esters is 1. The molecule has 1 saturated carbocycles. The van der Waals surface area contributed by atoms with E-state index in [-0.39, 0.29) is 23.1 Å². The molecule has 7 nitrogen and oxygen atoms in total. The van der Waals surface area contributed by atoms with E-state index in [0.29, 0.717) is 11.3 Å². The fourth-order valence-corrected chi connectivity index (χ4v) is 2.71. The number of ether oxygens (including phenoxy) is 1. The predicted octanol–water partition coefficient (Wildman–Crippen LogP) is 3.83. The molecule has 0 unspecified atom stereocenters. The van der Waals surface area contributed by atoms with Crippen LogP contribution in [-0.2, 0) is 4.74 Å². The van der Waals surface area contributed by atoms with Crippen LogP contribution in [0.1, 0.15) is 44.7 Å². The van der Waals surface area contributed by atoms with Crippen molar-refractivity contribution in [1.29, 1.82) is 0 Å². The maximum Gasteiger partial charge on any atom is 0.338 e. The van der Waals surface area contributed by atoms with Crippen LogP contribution in [0.3, 0.4) is 0 Å². The van der Waals surface area contributed by atoms with Crippen LogP contribution in [0.4, 0.5) is 11.4 Å². The first-order valence-electron chi connectivity index (χ1n) is 8.67. The Labute approximate surface area is 156 Å². The minimum atomic E-state index is -0.769. The lowest BCUT2D eigenvalue weighted by Gasteiger charge is -2.09. The third-order valence-electron chi connectivity index (χ3n) is 4.39. The number of carbonyl (C=O) groups is 2. The molecule has 0 heterocycles. The van der Waals surface area contributed by atoms with Crippen LogP contribution in [0, 0.1) is 24.0 Å². The van der Waals surface area contributed by atoms with Crippen molar-refractivity contribution >= 4 is 23.1 Å². The van der Waals surface area contributed by atoms with Crippen LogP contribution in [0.25, 0.3) is 0 Å². The fraction of sp³-hybridized carbons (Fsp3) is 0.300. The molecule has 1 aliphatic carbocycles. The number of rotatable bonds is 7. The Hall–Kier alpha value is -3.22. The van der Waals surface area contributed by atoms with Gasteiger partial charge in [0, 0.05) is 17.7 Å². The molecule has 3 rings (SSSR count). The van der Waals surface area contributed by atoms with Gasteiger partial charge in [-0.3, -0.25) is 14.9 Å². The Bertz CT molecular complexity index is 919. The summed E-state index contributed by atoms with van der Waals surface area (Å²) >= 11 is 0. The van der Waals surface area contributed by atoms with Crippen LogP contribution in [0.2, 0.25) is 0 Å². The summed E-state index contributed by atoms with van der Waals surface area (Å²) in [7, 11) is 0. The maximum absolute atomic E-state index is 12.3. The summed E-state index contributed by atoms with van der Waals surface area (Å²) in [5.41, 5.74) is 2.47. The molecular weight excluding hydrogens is 348 g/mol. The zero-order valence-electron chi connectivity index (χ0n) is 15.2.